The van der Waals surface area contributed by atoms with Gasteiger partial charge in [0.25, 0.3) is 0 Å². The number of carbonyl (C=O) groups is 1. The van der Waals surface area contributed by atoms with E-state index in [0.717, 1.165) is 32.1 Å². The highest BCUT2D eigenvalue weighted by Gasteiger charge is 2.30. The maximum atomic E-state index is 12.5. The Hall–Kier alpha value is -1.15. The smallest absolute Gasteiger partial charge is 0.339 e. The minimum absolute atomic E-state index is 0. The van der Waals surface area contributed by atoms with Crippen LogP contribution in [0.4, 0.5) is 0 Å². The van der Waals surface area contributed by atoms with Crippen molar-refractivity contribution >= 4 is 28.4 Å². The van der Waals surface area contributed by atoms with Crippen LogP contribution in [-0.2, 0) is 14.8 Å². The fourth-order valence-corrected chi connectivity index (χ4v) is 4.06. The first kappa shape index (κ1) is 19.9. The molecule has 0 aromatic heterocycles. The summed E-state index contributed by atoms with van der Waals surface area (Å²) in [5, 5.41) is 0. The van der Waals surface area contributed by atoms with Gasteiger partial charge >= 0.3 is 5.97 Å². The van der Waals surface area contributed by atoms with Crippen molar-refractivity contribution < 1.29 is 17.9 Å². The summed E-state index contributed by atoms with van der Waals surface area (Å²) in [6.07, 6.45) is 4.76. The van der Waals surface area contributed by atoms with Gasteiger partial charge in [-0.05, 0) is 25.0 Å². The van der Waals surface area contributed by atoms with Crippen molar-refractivity contribution in [3.63, 3.8) is 0 Å². The fraction of sp³-hybridized carbons (Fsp3) is 0.533. The van der Waals surface area contributed by atoms with Gasteiger partial charge in [0, 0.05) is 12.1 Å². The lowest BCUT2D eigenvalue weighted by atomic mass is 9.83. The monoisotopic (exact) mass is 362 g/mol. The van der Waals surface area contributed by atoms with Crippen LogP contribution in [-0.4, -0.2) is 33.6 Å². The number of rotatable bonds is 5. The fourth-order valence-electron chi connectivity index (χ4n) is 2.73. The van der Waals surface area contributed by atoms with Crippen molar-refractivity contribution in [2.24, 2.45) is 5.73 Å². The van der Waals surface area contributed by atoms with Gasteiger partial charge in [0.1, 0.15) is 0 Å². The lowest BCUT2D eigenvalue weighted by molar-refractivity contribution is 0.0596. The Bertz CT molecular complexity index is 643. The molecule has 0 bridgehead atoms. The summed E-state index contributed by atoms with van der Waals surface area (Å²) < 4.78 is 32.1. The average Bonchev–Trinajstić information content (AvgIpc) is 2.53. The van der Waals surface area contributed by atoms with E-state index in [-0.39, 0.29) is 29.4 Å². The zero-order valence-corrected chi connectivity index (χ0v) is 14.7. The molecule has 1 aliphatic carbocycles. The Balaban J connectivity index is 0.00000264. The third kappa shape index (κ3) is 4.91. The van der Waals surface area contributed by atoms with E-state index in [4.69, 9.17) is 5.73 Å². The van der Waals surface area contributed by atoms with E-state index in [1.165, 1.54) is 19.2 Å². The summed E-state index contributed by atoms with van der Waals surface area (Å²) in [6.45, 7) is 0.171. The molecule has 3 N–H and O–H groups in total. The highest BCUT2D eigenvalue weighted by molar-refractivity contribution is 7.89. The second kappa shape index (κ2) is 8.10. The van der Waals surface area contributed by atoms with Gasteiger partial charge in [0.15, 0.2) is 0 Å². The predicted molar refractivity (Wildman–Crippen MR) is 90.2 cm³/mol. The molecule has 0 saturated heterocycles. The lowest BCUT2D eigenvalue weighted by Crippen LogP contribution is -2.51. The Kier molecular flexibility index (Phi) is 7.01. The molecule has 0 radical (unpaired) electrons. The second-order valence-electron chi connectivity index (χ2n) is 5.74. The third-order valence-corrected chi connectivity index (χ3v) is 5.50. The van der Waals surface area contributed by atoms with E-state index in [1.807, 2.05) is 0 Å². The summed E-state index contributed by atoms with van der Waals surface area (Å²) in [6, 6.07) is 5.98. The maximum Gasteiger partial charge on any atom is 0.339 e. The van der Waals surface area contributed by atoms with Crippen molar-refractivity contribution in [3.05, 3.63) is 29.8 Å². The predicted octanol–water partition coefficient (Wildman–Crippen LogP) is 1.83. The zero-order valence-electron chi connectivity index (χ0n) is 13.1. The SMILES string of the molecule is COC(=O)c1ccccc1S(=O)(=O)NCC1(N)CCCCC1.Cl. The Morgan fingerprint density at radius 2 is 1.87 bits per heavy atom. The molecular formula is C15H23ClN2O4S. The maximum absolute atomic E-state index is 12.5. The van der Waals surface area contributed by atoms with Crippen molar-refractivity contribution in [1.82, 2.24) is 4.72 Å². The molecule has 8 heteroatoms. The van der Waals surface area contributed by atoms with Crippen molar-refractivity contribution in [1.29, 1.82) is 0 Å². The van der Waals surface area contributed by atoms with Gasteiger partial charge in [-0.25, -0.2) is 17.9 Å². The molecule has 1 aromatic rings. The van der Waals surface area contributed by atoms with E-state index in [9.17, 15) is 13.2 Å². The molecule has 1 aliphatic rings. The molecule has 1 saturated carbocycles. The van der Waals surface area contributed by atoms with Crippen molar-refractivity contribution in [2.45, 2.75) is 42.5 Å². The number of nitrogens with two attached hydrogens (primary N) is 1. The van der Waals surface area contributed by atoms with Crippen molar-refractivity contribution in [3.8, 4) is 0 Å². The number of ether oxygens (including phenoxy) is 1. The van der Waals surface area contributed by atoms with E-state index in [0.29, 0.717) is 0 Å². The molecule has 0 spiro atoms. The van der Waals surface area contributed by atoms with Gasteiger partial charge in [-0.1, -0.05) is 31.4 Å². The summed E-state index contributed by atoms with van der Waals surface area (Å²) in [4.78, 5) is 11.6. The summed E-state index contributed by atoms with van der Waals surface area (Å²) in [5.74, 6) is -0.680. The first-order chi connectivity index (χ1) is 10.4. The van der Waals surface area contributed by atoms with Crippen LogP contribution in [0, 0.1) is 0 Å². The molecule has 23 heavy (non-hydrogen) atoms. The normalized spacial score (nSPS) is 17.1. The quantitative estimate of drug-likeness (QED) is 0.778. The van der Waals surface area contributed by atoms with Gasteiger partial charge < -0.3 is 10.5 Å². The van der Waals surface area contributed by atoms with Gasteiger partial charge in [0.2, 0.25) is 10.0 Å². The van der Waals surface area contributed by atoms with E-state index in [2.05, 4.69) is 9.46 Å². The first-order valence-electron chi connectivity index (χ1n) is 7.34. The molecule has 1 fully saturated rings. The molecule has 6 nitrogen and oxygen atoms in total. The molecule has 0 unspecified atom stereocenters. The molecule has 2 rings (SSSR count). The number of halogens is 1. The second-order valence-corrected chi connectivity index (χ2v) is 7.47. The van der Waals surface area contributed by atoms with Crippen LogP contribution in [0.2, 0.25) is 0 Å². The number of nitrogens with one attached hydrogen (secondary N) is 1. The number of carbonyl (C=O) groups excluding carboxylic acids is 1. The van der Waals surface area contributed by atoms with Crippen LogP contribution in [0.25, 0.3) is 0 Å². The van der Waals surface area contributed by atoms with E-state index in [1.54, 1.807) is 12.1 Å². The van der Waals surface area contributed by atoms with Crippen molar-refractivity contribution in [2.75, 3.05) is 13.7 Å². The number of hydrogen-bond acceptors (Lipinski definition) is 5. The highest BCUT2D eigenvalue weighted by atomic mass is 35.5. The average molecular weight is 363 g/mol. The number of hydrogen-bond donors (Lipinski definition) is 2. The van der Waals surface area contributed by atoms with E-state index < -0.39 is 21.5 Å². The number of benzene rings is 1. The van der Waals surface area contributed by atoms with Crippen LogP contribution < -0.4 is 10.5 Å². The Morgan fingerprint density at radius 1 is 1.26 bits per heavy atom. The Labute approximate surface area is 143 Å². The van der Waals surface area contributed by atoms with E-state index >= 15 is 0 Å². The summed E-state index contributed by atoms with van der Waals surface area (Å²) >= 11 is 0. The largest absolute Gasteiger partial charge is 0.465 e. The number of sulfonamides is 1. The third-order valence-electron chi connectivity index (χ3n) is 4.05. The standard InChI is InChI=1S/C15H22N2O4S.ClH/c1-21-14(18)12-7-3-4-8-13(12)22(19,20)17-11-15(16)9-5-2-6-10-15;/h3-4,7-8,17H,2,5-6,9-11,16H2,1H3;1H. The zero-order chi connectivity index (χ0) is 16.2. The van der Waals surface area contributed by atoms with Gasteiger partial charge in [-0.2, -0.15) is 0 Å². The molecular weight excluding hydrogens is 340 g/mol. The van der Waals surface area contributed by atoms with Crippen LogP contribution >= 0.6 is 12.4 Å². The Morgan fingerprint density at radius 3 is 2.48 bits per heavy atom. The molecule has 0 heterocycles. The molecule has 0 atom stereocenters. The topological polar surface area (TPSA) is 98.5 Å². The summed E-state index contributed by atoms with van der Waals surface area (Å²) in [5.41, 5.74) is 5.76. The molecule has 1 aromatic carbocycles. The van der Waals surface area contributed by atoms with Crippen LogP contribution in [0.5, 0.6) is 0 Å². The van der Waals surface area contributed by atoms with Crippen LogP contribution in [0.3, 0.4) is 0 Å². The highest BCUT2D eigenvalue weighted by Crippen LogP contribution is 2.26. The van der Waals surface area contributed by atoms with Gasteiger partial charge in [-0.3, -0.25) is 0 Å². The number of methoxy groups -OCH3 is 1. The molecule has 0 amide bonds. The molecule has 0 aliphatic heterocycles. The minimum atomic E-state index is -3.81. The molecule has 130 valence electrons. The minimum Gasteiger partial charge on any atom is -0.465 e. The number of esters is 1. The van der Waals surface area contributed by atoms with Crippen LogP contribution in [0.15, 0.2) is 29.2 Å². The lowest BCUT2D eigenvalue weighted by Gasteiger charge is -2.33. The first-order valence-corrected chi connectivity index (χ1v) is 8.82. The summed E-state index contributed by atoms with van der Waals surface area (Å²) in [7, 11) is -2.60. The van der Waals surface area contributed by atoms with Crippen LogP contribution in [0.1, 0.15) is 42.5 Å². The van der Waals surface area contributed by atoms with Gasteiger partial charge in [0.05, 0.1) is 17.6 Å². The van der Waals surface area contributed by atoms with Gasteiger partial charge in [-0.15, -0.1) is 12.4 Å².